The normalized spacial score (nSPS) is 10.5. The van der Waals surface area contributed by atoms with Gasteiger partial charge < -0.3 is 10.0 Å². The summed E-state index contributed by atoms with van der Waals surface area (Å²) in [5.41, 5.74) is -0.114. The van der Waals surface area contributed by atoms with E-state index >= 15 is 0 Å². The molecule has 0 amide bonds. The smallest absolute Gasteiger partial charge is 0.342 e. The summed E-state index contributed by atoms with van der Waals surface area (Å²) in [6.07, 6.45) is 0.449. The summed E-state index contributed by atoms with van der Waals surface area (Å²) in [6, 6.07) is 4.37. The third-order valence-electron chi connectivity index (χ3n) is 2.36. The molecule has 1 N–H and O–H groups in total. The second kappa shape index (κ2) is 5.40. The Labute approximate surface area is 98.6 Å². The Morgan fingerprint density at radius 3 is 2.59 bits per heavy atom. The Bertz CT molecular complexity index is 443. The lowest BCUT2D eigenvalue weighted by atomic mass is 10.0. The molecule has 0 aliphatic rings. The Morgan fingerprint density at radius 1 is 1.47 bits per heavy atom. The molecule has 0 fully saturated rings. The van der Waals surface area contributed by atoms with Gasteiger partial charge in [-0.05, 0) is 26.6 Å². The van der Waals surface area contributed by atoms with Crippen LogP contribution in [0.4, 0.5) is 5.69 Å². The summed E-state index contributed by atoms with van der Waals surface area (Å²) >= 11 is 0. The lowest BCUT2D eigenvalue weighted by molar-refractivity contribution is -0.385. The fourth-order valence-electron chi connectivity index (χ4n) is 1.53. The van der Waals surface area contributed by atoms with E-state index < -0.39 is 10.9 Å². The topological polar surface area (TPSA) is 83.7 Å². The van der Waals surface area contributed by atoms with Gasteiger partial charge in [-0.15, -0.1) is 0 Å². The minimum absolute atomic E-state index is 0.258. The number of nitro benzene ring substituents is 1. The quantitative estimate of drug-likeness (QED) is 0.619. The molecule has 0 unspecified atom stereocenters. The van der Waals surface area contributed by atoms with Crippen LogP contribution in [0.3, 0.4) is 0 Å². The van der Waals surface area contributed by atoms with Gasteiger partial charge in [-0.25, -0.2) is 4.79 Å². The summed E-state index contributed by atoms with van der Waals surface area (Å²) in [5.74, 6) is -1.27. The number of benzene rings is 1. The second-order valence-corrected chi connectivity index (χ2v) is 3.93. The summed E-state index contributed by atoms with van der Waals surface area (Å²) < 4.78 is 0. The first-order valence-corrected chi connectivity index (χ1v) is 5.07. The zero-order chi connectivity index (χ0) is 13.0. The number of carbonyl (C=O) groups is 1. The summed E-state index contributed by atoms with van der Waals surface area (Å²) in [6.45, 7) is 0.629. The Hall–Kier alpha value is -1.95. The molecule has 0 radical (unpaired) electrons. The zero-order valence-corrected chi connectivity index (χ0v) is 9.71. The van der Waals surface area contributed by atoms with Gasteiger partial charge >= 0.3 is 5.97 Å². The van der Waals surface area contributed by atoms with Crippen molar-refractivity contribution < 1.29 is 14.8 Å². The molecule has 0 aliphatic heterocycles. The van der Waals surface area contributed by atoms with Crippen molar-refractivity contribution in [2.75, 3.05) is 20.6 Å². The highest BCUT2D eigenvalue weighted by Gasteiger charge is 2.23. The molecule has 92 valence electrons. The Balaban J connectivity index is 3.16. The van der Waals surface area contributed by atoms with Gasteiger partial charge in [0.1, 0.15) is 5.56 Å². The molecule has 0 aliphatic carbocycles. The first-order chi connectivity index (χ1) is 7.93. The summed E-state index contributed by atoms with van der Waals surface area (Å²) in [5, 5.41) is 19.8. The number of hydrogen-bond donors (Lipinski definition) is 1. The third-order valence-corrected chi connectivity index (χ3v) is 2.36. The molecule has 1 aromatic rings. The van der Waals surface area contributed by atoms with Gasteiger partial charge in [-0.3, -0.25) is 10.1 Å². The van der Waals surface area contributed by atoms with Crippen molar-refractivity contribution in [1.29, 1.82) is 0 Å². The number of para-hydroxylation sites is 1. The van der Waals surface area contributed by atoms with Crippen LogP contribution in [0.1, 0.15) is 15.9 Å². The van der Waals surface area contributed by atoms with Gasteiger partial charge in [0.25, 0.3) is 5.69 Å². The van der Waals surface area contributed by atoms with Crippen molar-refractivity contribution in [3.05, 3.63) is 39.4 Å². The molecule has 0 saturated carbocycles. The molecule has 0 spiro atoms. The van der Waals surface area contributed by atoms with Crippen molar-refractivity contribution in [2.24, 2.45) is 0 Å². The van der Waals surface area contributed by atoms with E-state index in [1.807, 2.05) is 19.0 Å². The van der Waals surface area contributed by atoms with Gasteiger partial charge in [0.15, 0.2) is 0 Å². The van der Waals surface area contributed by atoms with Crippen LogP contribution in [0, 0.1) is 10.1 Å². The van der Waals surface area contributed by atoms with Crippen molar-refractivity contribution >= 4 is 11.7 Å². The van der Waals surface area contributed by atoms with E-state index in [-0.39, 0.29) is 11.3 Å². The van der Waals surface area contributed by atoms with E-state index in [1.54, 1.807) is 6.07 Å². The van der Waals surface area contributed by atoms with Crippen LogP contribution in [0.2, 0.25) is 0 Å². The van der Waals surface area contributed by atoms with Gasteiger partial charge in [0.05, 0.1) is 4.92 Å². The number of carboxylic acids is 1. The van der Waals surface area contributed by atoms with E-state index in [4.69, 9.17) is 5.11 Å². The summed E-state index contributed by atoms with van der Waals surface area (Å²) in [7, 11) is 3.71. The monoisotopic (exact) mass is 238 g/mol. The summed E-state index contributed by atoms with van der Waals surface area (Å²) in [4.78, 5) is 23.1. The first kappa shape index (κ1) is 13.1. The van der Waals surface area contributed by atoms with E-state index in [1.165, 1.54) is 12.1 Å². The third kappa shape index (κ3) is 3.25. The molecule has 0 atom stereocenters. The Kier molecular flexibility index (Phi) is 4.17. The van der Waals surface area contributed by atoms with Crippen LogP contribution < -0.4 is 0 Å². The molecule has 0 bridgehead atoms. The van der Waals surface area contributed by atoms with Crippen LogP contribution in [0.25, 0.3) is 0 Å². The molecule has 6 nitrogen and oxygen atoms in total. The van der Waals surface area contributed by atoms with Crippen molar-refractivity contribution in [3.63, 3.8) is 0 Å². The van der Waals surface area contributed by atoms with Gasteiger partial charge in [0, 0.05) is 12.1 Å². The van der Waals surface area contributed by atoms with Gasteiger partial charge in [0.2, 0.25) is 0 Å². The van der Waals surface area contributed by atoms with Gasteiger partial charge in [-0.2, -0.15) is 0 Å². The largest absolute Gasteiger partial charge is 0.477 e. The molecule has 1 rings (SSSR count). The zero-order valence-electron chi connectivity index (χ0n) is 9.71. The highest BCUT2D eigenvalue weighted by atomic mass is 16.6. The number of likely N-dealkylation sites (N-methyl/N-ethyl adjacent to an activating group) is 1. The number of nitrogens with zero attached hydrogens (tertiary/aromatic N) is 2. The number of nitro groups is 1. The van der Waals surface area contributed by atoms with Crippen molar-refractivity contribution in [2.45, 2.75) is 6.42 Å². The molecule has 0 aromatic heterocycles. The average Bonchev–Trinajstić information content (AvgIpc) is 2.25. The van der Waals surface area contributed by atoms with Crippen molar-refractivity contribution in [3.8, 4) is 0 Å². The number of carboxylic acid groups (broad SMARTS) is 1. The van der Waals surface area contributed by atoms with Crippen LogP contribution in [-0.4, -0.2) is 41.5 Å². The fourth-order valence-corrected chi connectivity index (χ4v) is 1.53. The second-order valence-electron chi connectivity index (χ2n) is 3.93. The van der Waals surface area contributed by atoms with Crippen LogP contribution in [0.15, 0.2) is 18.2 Å². The SMILES string of the molecule is CN(C)CCc1cccc(C(=O)O)c1[N+](=O)[O-]. The van der Waals surface area contributed by atoms with E-state index in [2.05, 4.69) is 0 Å². The standard InChI is InChI=1S/C11H14N2O4/c1-12(2)7-6-8-4-3-5-9(11(14)15)10(8)13(16)17/h3-5H,6-7H2,1-2H3,(H,14,15). The van der Waals surface area contributed by atoms with Crippen LogP contribution >= 0.6 is 0 Å². The molecule has 1 aromatic carbocycles. The number of aromatic carboxylic acids is 1. The number of hydrogen-bond acceptors (Lipinski definition) is 4. The minimum atomic E-state index is -1.27. The van der Waals surface area contributed by atoms with Crippen LogP contribution in [0.5, 0.6) is 0 Å². The predicted octanol–water partition coefficient (Wildman–Crippen LogP) is 1.40. The van der Waals surface area contributed by atoms with E-state index in [9.17, 15) is 14.9 Å². The molecular formula is C11H14N2O4. The highest BCUT2D eigenvalue weighted by Crippen LogP contribution is 2.24. The lowest BCUT2D eigenvalue weighted by Gasteiger charge is -2.10. The molecule has 17 heavy (non-hydrogen) atoms. The molecule has 6 heteroatoms. The maximum Gasteiger partial charge on any atom is 0.342 e. The van der Waals surface area contributed by atoms with E-state index in [0.717, 1.165) is 0 Å². The highest BCUT2D eigenvalue weighted by molar-refractivity contribution is 5.93. The molecular weight excluding hydrogens is 224 g/mol. The average molecular weight is 238 g/mol. The molecule has 0 heterocycles. The van der Waals surface area contributed by atoms with Gasteiger partial charge in [-0.1, -0.05) is 12.1 Å². The Morgan fingerprint density at radius 2 is 2.12 bits per heavy atom. The number of rotatable bonds is 5. The maximum absolute atomic E-state index is 10.9. The fraction of sp³-hybridized carbons (Fsp3) is 0.364. The van der Waals surface area contributed by atoms with E-state index in [0.29, 0.717) is 18.5 Å². The lowest BCUT2D eigenvalue weighted by Crippen LogP contribution is -2.16. The minimum Gasteiger partial charge on any atom is -0.477 e. The van der Waals surface area contributed by atoms with Crippen LogP contribution in [-0.2, 0) is 6.42 Å². The molecule has 0 saturated heterocycles. The predicted molar refractivity (Wildman–Crippen MR) is 62.3 cm³/mol. The maximum atomic E-state index is 10.9. The van der Waals surface area contributed by atoms with Crippen molar-refractivity contribution in [1.82, 2.24) is 4.90 Å². The first-order valence-electron chi connectivity index (χ1n) is 5.07.